The van der Waals surface area contributed by atoms with Crippen molar-refractivity contribution in [3.63, 3.8) is 0 Å². The quantitative estimate of drug-likeness (QED) is 0.674. The van der Waals surface area contributed by atoms with Crippen molar-refractivity contribution in [2.75, 3.05) is 18.4 Å². The van der Waals surface area contributed by atoms with E-state index in [1.165, 1.54) is 6.07 Å². The summed E-state index contributed by atoms with van der Waals surface area (Å²) >= 11 is 17.6. The van der Waals surface area contributed by atoms with Crippen molar-refractivity contribution < 1.29 is 9.59 Å². The first kappa shape index (κ1) is 18.4. The van der Waals surface area contributed by atoms with E-state index in [-0.39, 0.29) is 19.0 Å². The number of benzene rings is 2. The van der Waals surface area contributed by atoms with E-state index in [1.54, 1.807) is 36.4 Å². The minimum Gasteiger partial charge on any atom is -0.350 e. The van der Waals surface area contributed by atoms with Gasteiger partial charge in [0.05, 0.1) is 20.8 Å². The molecule has 0 aliphatic carbocycles. The summed E-state index contributed by atoms with van der Waals surface area (Å²) in [6, 6.07) is 11.1. The van der Waals surface area contributed by atoms with Crippen molar-refractivity contribution >= 4 is 52.4 Å². The molecule has 0 unspecified atom stereocenters. The molecule has 0 saturated carbocycles. The lowest BCUT2D eigenvalue weighted by Crippen LogP contribution is -2.36. The number of hydrogen-bond donors (Lipinski definition) is 3. The lowest BCUT2D eigenvalue weighted by atomic mass is 10.2. The maximum atomic E-state index is 11.9. The first-order chi connectivity index (χ1) is 11.5. The maximum absolute atomic E-state index is 11.9. The molecule has 0 bridgehead atoms. The van der Waals surface area contributed by atoms with E-state index in [4.69, 9.17) is 34.8 Å². The SMILES string of the molecule is O=C(NCCNC(=O)c1ccc(Cl)c(Cl)c1)Nc1ccccc1Cl. The normalized spacial score (nSPS) is 10.1. The number of hydrogen-bond acceptors (Lipinski definition) is 2. The lowest BCUT2D eigenvalue weighted by Gasteiger charge is -2.10. The van der Waals surface area contributed by atoms with Crippen LogP contribution in [-0.2, 0) is 0 Å². The summed E-state index contributed by atoms with van der Waals surface area (Å²) in [5.74, 6) is -0.304. The summed E-state index contributed by atoms with van der Waals surface area (Å²) in [5.41, 5.74) is 0.904. The molecule has 0 saturated heterocycles. The van der Waals surface area contributed by atoms with Crippen LogP contribution in [0.3, 0.4) is 0 Å². The molecule has 3 amide bonds. The van der Waals surface area contributed by atoms with E-state index < -0.39 is 6.03 Å². The molecular formula is C16H14Cl3N3O2. The Balaban J connectivity index is 1.74. The number of halogens is 3. The highest BCUT2D eigenvalue weighted by Crippen LogP contribution is 2.22. The number of carbonyl (C=O) groups is 2. The highest BCUT2D eigenvalue weighted by Gasteiger charge is 2.08. The van der Waals surface area contributed by atoms with Crippen LogP contribution >= 0.6 is 34.8 Å². The molecule has 0 radical (unpaired) electrons. The Morgan fingerprint density at radius 2 is 1.54 bits per heavy atom. The summed E-state index contributed by atoms with van der Waals surface area (Å²) in [5, 5.41) is 9.03. The number of carbonyl (C=O) groups excluding carboxylic acids is 2. The molecule has 0 aromatic heterocycles. The Morgan fingerprint density at radius 3 is 2.25 bits per heavy atom. The summed E-state index contributed by atoms with van der Waals surface area (Å²) in [4.78, 5) is 23.7. The Hall–Kier alpha value is -1.95. The number of rotatable bonds is 5. The van der Waals surface area contributed by atoms with Gasteiger partial charge in [0.25, 0.3) is 5.91 Å². The molecular weight excluding hydrogens is 373 g/mol. The van der Waals surface area contributed by atoms with Crippen molar-refractivity contribution in [1.82, 2.24) is 10.6 Å². The van der Waals surface area contributed by atoms with Crippen LogP contribution in [-0.4, -0.2) is 25.0 Å². The molecule has 0 spiro atoms. The minimum absolute atomic E-state index is 0.253. The second-order valence-electron chi connectivity index (χ2n) is 4.75. The third-order valence-corrected chi connectivity index (χ3v) is 4.07. The average Bonchev–Trinajstić information content (AvgIpc) is 2.56. The second kappa shape index (κ2) is 8.78. The van der Waals surface area contributed by atoms with Gasteiger partial charge in [0, 0.05) is 18.7 Å². The fraction of sp³-hybridized carbons (Fsp3) is 0.125. The predicted octanol–water partition coefficient (Wildman–Crippen LogP) is 4.20. The van der Waals surface area contributed by atoms with E-state index in [1.807, 2.05) is 0 Å². The molecule has 2 rings (SSSR count). The fourth-order valence-corrected chi connectivity index (χ4v) is 2.30. The van der Waals surface area contributed by atoms with E-state index in [9.17, 15) is 9.59 Å². The van der Waals surface area contributed by atoms with E-state index >= 15 is 0 Å². The number of para-hydroxylation sites is 1. The van der Waals surface area contributed by atoms with E-state index in [0.29, 0.717) is 26.3 Å². The Bertz CT molecular complexity index is 753. The Kier molecular flexibility index (Phi) is 6.73. The predicted molar refractivity (Wildman–Crippen MR) is 97.3 cm³/mol. The van der Waals surface area contributed by atoms with Crippen LogP contribution < -0.4 is 16.0 Å². The zero-order valence-corrected chi connectivity index (χ0v) is 14.7. The molecule has 0 atom stereocenters. The molecule has 0 aliphatic heterocycles. The van der Waals surface area contributed by atoms with Gasteiger partial charge in [-0.2, -0.15) is 0 Å². The van der Waals surface area contributed by atoms with Gasteiger partial charge in [-0.15, -0.1) is 0 Å². The molecule has 24 heavy (non-hydrogen) atoms. The van der Waals surface area contributed by atoms with Crippen LogP contribution in [0.5, 0.6) is 0 Å². The monoisotopic (exact) mass is 385 g/mol. The van der Waals surface area contributed by atoms with Gasteiger partial charge < -0.3 is 16.0 Å². The third-order valence-electron chi connectivity index (χ3n) is 3.00. The molecule has 126 valence electrons. The second-order valence-corrected chi connectivity index (χ2v) is 5.97. The van der Waals surface area contributed by atoms with Crippen LogP contribution in [0.1, 0.15) is 10.4 Å². The molecule has 0 aliphatic rings. The van der Waals surface area contributed by atoms with Crippen LogP contribution in [0.25, 0.3) is 0 Å². The summed E-state index contributed by atoms with van der Waals surface area (Å²) in [6.45, 7) is 0.512. The molecule has 3 N–H and O–H groups in total. The van der Waals surface area contributed by atoms with Gasteiger partial charge >= 0.3 is 6.03 Å². The van der Waals surface area contributed by atoms with Crippen LogP contribution in [0.2, 0.25) is 15.1 Å². The zero-order chi connectivity index (χ0) is 17.5. The number of anilines is 1. The van der Waals surface area contributed by atoms with Crippen LogP contribution in [0.4, 0.5) is 10.5 Å². The van der Waals surface area contributed by atoms with Gasteiger partial charge in [-0.05, 0) is 30.3 Å². The average molecular weight is 387 g/mol. The van der Waals surface area contributed by atoms with Gasteiger partial charge in [-0.1, -0.05) is 46.9 Å². The largest absolute Gasteiger partial charge is 0.350 e. The molecule has 5 nitrogen and oxygen atoms in total. The van der Waals surface area contributed by atoms with E-state index in [0.717, 1.165) is 0 Å². The third kappa shape index (κ3) is 5.30. The standard InChI is InChI=1S/C16H14Cl3N3O2/c17-11-6-5-10(9-13(11)19)15(23)20-7-8-21-16(24)22-14-4-2-1-3-12(14)18/h1-6,9H,7-8H2,(H,20,23)(H2,21,22,24). The molecule has 2 aromatic rings. The van der Waals surface area contributed by atoms with Gasteiger partial charge in [-0.3, -0.25) is 4.79 Å². The minimum atomic E-state index is -0.410. The maximum Gasteiger partial charge on any atom is 0.319 e. The van der Waals surface area contributed by atoms with Gasteiger partial charge in [0.1, 0.15) is 0 Å². The van der Waals surface area contributed by atoms with Crippen LogP contribution in [0, 0.1) is 0 Å². The van der Waals surface area contributed by atoms with Gasteiger partial charge in [0.2, 0.25) is 0 Å². The number of amides is 3. The van der Waals surface area contributed by atoms with Crippen molar-refractivity contribution in [3.05, 3.63) is 63.1 Å². The Labute approximate surface area is 154 Å². The lowest BCUT2D eigenvalue weighted by molar-refractivity contribution is 0.0954. The fourth-order valence-electron chi connectivity index (χ4n) is 1.82. The highest BCUT2D eigenvalue weighted by molar-refractivity contribution is 6.42. The van der Waals surface area contributed by atoms with Gasteiger partial charge in [0.15, 0.2) is 0 Å². The van der Waals surface area contributed by atoms with E-state index in [2.05, 4.69) is 16.0 Å². The van der Waals surface area contributed by atoms with Crippen molar-refractivity contribution in [3.8, 4) is 0 Å². The molecule has 0 heterocycles. The Morgan fingerprint density at radius 1 is 0.833 bits per heavy atom. The van der Waals surface area contributed by atoms with Gasteiger partial charge in [-0.25, -0.2) is 4.79 Å². The number of nitrogens with one attached hydrogen (secondary N) is 3. The van der Waals surface area contributed by atoms with Crippen molar-refractivity contribution in [1.29, 1.82) is 0 Å². The molecule has 0 fully saturated rings. The summed E-state index contributed by atoms with van der Waals surface area (Å²) in [6.07, 6.45) is 0. The first-order valence-electron chi connectivity index (χ1n) is 7.00. The smallest absolute Gasteiger partial charge is 0.319 e. The molecule has 8 heteroatoms. The van der Waals surface area contributed by atoms with Crippen LogP contribution in [0.15, 0.2) is 42.5 Å². The number of urea groups is 1. The highest BCUT2D eigenvalue weighted by atomic mass is 35.5. The first-order valence-corrected chi connectivity index (χ1v) is 8.13. The summed E-state index contributed by atoms with van der Waals surface area (Å²) < 4.78 is 0. The zero-order valence-electron chi connectivity index (χ0n) is 12.4. The summed E-state index contributed by atoms with van der Waals surface area (Å²) in [7, 11) is 0. The van der Waals surface area contributed by atoms with Crippen molar-refractivity contribution in [2.24, 2.45) is 0 Å². The molecule has 2 aromatic carbocycles. The van der Waals surface area contributed by atoms with Crippen molar-refractivity contribution in [2.45, 2.75) is 0 Å². The topological polar surface area (TPSA) is 70.2 Å².